The lowest BCUT2D eigenvalue weighted by molar-refractivity contribution is -0.126. The van der Waals surface area contributed by atoms with E-state index in [4.69, 9.17) is 11.6 Å². The second-order valence-electron chi connectivity index (χ2n) is 7.86. The number of para-hydroxylation sites is 1. The van der Waals surface area contributed by atoms with Gasteiger partial charge in [-0.25, -0.2) is 0 Å². The van der Waals surface area contributed by atoms with Gasteiger partial charge in [0.1, 0.15) is 0 Å². The van der Waals surface area contributed by atoms with Gasteiger partial charge in [-0.15, -0.1) is 0 Å². The largest absolute Gasteiger partial charge is 0.352 e. The molecule has 1 aromatic heterocycles. The highest BCUT2D eigenvalue weighted by atomic mass is 35.5. The van der Waals surface area contributed by atoms with Crippen molar-refractivity contribution in [2.45, 2.75) is 39.4 Å². The van der Waals surface area contributed by atoms with Crippen molar-refractivity contribution in [1.29, 1.82) is 0 Å². The third kappa shape index (κ3) is 4.65. The predicted molar refractivity (Wildman–Crippen MR) is 119 cm³/mol. The molecule has 5 heteroatoms. The van der Waals surface area contributed by atoms with Crippen LogP contribution < -0.4 is 5.32 Å². The first-order valence-corrected chi connectivity index (χ1v) is 10.8. The molecule has 4 nitrogen and oxygen atoms in total. The van der Waals surface area contributed by atoms with E-state index in [9.17, 15) is 4.79 Å². The maximum atomic E-state index is 12.6. The van der Waals surface area contributed by atoms with E-state index in [2.05, 4.69) is 52.2 Å². The molecule has 1 aliphatic heterocycles. The van der Waals surface area contributed by atoms with Crippen molar-refractivity contribution in [3.63, 3.8) is 0 Å². The van der Waals surface area contributed by atoms with E-state index in [-0.39, 0.29) is 11.8 Å². The van der Waals surface area contributed by atoms with Crippen molar-refractivity contribution in [3.05, 3.63) is 70.9 Å². The zero-order valence-corrected chi connectivity index (χ0v) is 17.7. The first-order valence-electron chi connectivity index (χ1n) is 10.5. The molecule has 152 valence electrons. The number of amides is 1. The Hall–Kier alpha value is -2.30. The summed E-state index contributed by atoms with van der Waals surface area (Å²) in [5.74, 6) is 0.259. The number of nitrogens with one attached hydrogen (secondary N) is 1. The molecule has 3 aromatic rings. The van der Waals surface area contributed by atoms with Crippen molar-refractivity contribution >= 4 is 28.4 Å². The Bertz CT molecular complexity index is 989. The number of halogens is 1. The third-order valence-electron chi connectivity index (χ3n) is 5.92. The Labute approximate surface area is 177 Å². The molecule has 0 radical (unpaired) electrons. The van der Waals surface area contributed by atoms with Crippen molar-refractivity contribution in [1.82, 2.24) is 14.8 Å². The van der Waals surface area contributed by atoms with Crippen molar-refractivity contribution in [3.8, 4) is 0 Å². The quantitative estimate of drug-likeness (QED) is 0.632. The highest BCUT2D eigenvalue weighted by Crippen LogP contribution is 2.25. The van der Waals surface area contributed by atoms with Crippen LogP contribution in [0.15, 0.2) is 54.7 Å². The molecule has 29 heavy (non-hydrogen) atoms. The molecule has 0 aliphatic carbocycles. The Morgan fingerprint density at radius 3 is 2.69 bits per heavy atom. The summed E-state index contributed by atoms with van der Waals surface area (Å²) < 4.78 is 2.32. The molecule has 2 heterocycles. The van der Waals surface area contributed by atoms with E-state index in [1.807, 2.05) is 24.3 Å². The number of fused-ring (bicyclic) bond motifs is 1. The highest BCUT2D eigenvalue weighted by molar-refractivity contribution is 6.30. The summed E-state index contributed by atoms with van der Waals surface area (Å²) in [5, 5.41) is 5.12. The molecule has 0 spiro atoms. The first kappa shape index (κ1) is 20.0. The minimum absolute atomic E-state index is 0.0995. The van der Waals surface area contributed by atoms with Crippen molar-refractivity contribution in [2.24, 2.45) is 5.92 Å². The lowest BCUT2D eigenvalue weighted by Crippen LogP contribution is -2.40. The minimum atomic E-state index is 0.0995. The molecule has 4 rings (SSSR count). The zero-order valence-electron chi connectivity index (χ0n) is 16.9. The van der Waals surface area contributed by atoms with E-state index in [0.717, 1.165) is 44.6 Å². The molecular weight excluding hydrogens is 382 g/mol. The lowest BCUT2D eigenvalue weighted by Gasteiger charge is -2.31. The summed E-state index contributed by atoms with van der Waals surface area (Å²) in [6.45, 7) is 6.57. The minimum Gasteiger partial charge on any atom is -0.352 e. The Kier molecular flexibility index (Phi) is 6.22. The van der Waals surface area contributed by atoms with Gasteiger partial charge in [-0.2, -0.15) is 0 Å². The van der Waals surface area contributed by atoms with Gasteiger partial charge < -0.3 is 9.88 Å². The van der Waals surface area contributed by atoms with Crippen LogP contribution in [0.4, 0.5) is 0 Å². The van der Waals surface area contributed by atoms with Gasteiger partial charge in [0, 0.05) is 47.7 Å². The molecular formula is C24H28ClN3O. The molecule has 1 fully saturated rings. The molecule has 0 bridgehead atoms. The molecule has 0 unspecified atom stereocenters. The average molecular weight is 410 g/mol. The van der Waals surface area contributed by atoms with Crippen LogP contribution in [0.5, 0.6) is 0 Å². The summed E-state index contributed by atoms with van der Waals surface area (Å²) in [6, 6.07) is 16.3. The molecule has 1 amide bonds. The van der Waals surface area contributed by atoms with Gasteiger partial charge >= 0.3 is 0 Å². The average Bonchev–Trinajstić information content (AvgIpc) is 3.10. The normalized spacial score (nSPS) is 15.7. The zero-order chi connectivity index (χ0) is 20.2. The van der Waals surface area contributed by atoms with Gasteiger partial charge in [0.25, 0.3) is 0 Å². The van der Waals surface area contributed by atoms with E-state index < -0.39 is 0 Å². The van der Waals surface area contributed by atoms with E-state index >= 15 is 0 Å². The van der Waals surface area contributed by atoms with Crippen LogP contribution in [0.1, 0.15) is 30.9 Å². The van der Waals surface area contributed by atoms with Gasteiger partial charge in [-0.3, -0.25) is 9.69 Å². The SMILES string of the molecule is CCn1cc(CN2CCC(C(=O)NCc3cccc(Cl)c3)CC2)c2ccccc21. The van der Waals surface area contributed by atoms with Gasteiger partial charge in [0.2, 0.25) is 5.91 Å². The Balaban J connectivity index is 1.31. The lowest BCUT2D eigenvalue weighted by atomic mass is 9.95. The summed E-state index contributed by atoms with van der Waals surface area (Å²) in [7, 11) is 0. The van der Waals surface area contributed by atoms with E-state index in [1.54, 1.807) is 0 Å². The van der Waals surface area contributed by atoms with Gasteiger partial charge in [0.05, 0.1) is 0 Å². The predicted octanol–water partition coefficient (Wildman–Crippen LogP) is 4.84. The fraction of sp³-hybridized carbons (Fsp3) is 0.375. The summed E-state index contributed by atoms with van der Waals surface area (Å²) >= 11 is 6.02. The number of rotatable bonds is 6. The number of piperidine rings is 1. The number of aryl methyl sites for hydroxylation is 1. The Morgan fingerprint density at radius 2 is 1.93 bits per heavy atom. The number of aromatic nitrogens is 1. The van der Waals surface area contributed by atoms with Crippen LogP contribution in [-0.2, 0) is 24.4 Å². The highest BCUT2D eigenvalue weighted by Gasteiger charge is 2.25. The van der Waals surface area contributed by atoms with Crippen LogP contribution in [0.25, 0.3) is 10.9 Å². The molecule has 0 atom stereocenters. The summed E-state index contributed by atoms with van der Waals surface area (Å²) in [4.78, 5) is 15.0. The molecule has 1 saturated heterocycles. The van der Waals surface area contributed by atoms with Gasteiger partial charge in [-0.05, 0) is 62.2 Å². The summed E-state index contributed by atoms with van der Waals surface area (Å²) in [6.07, 6.45) is 4.11. The van der Waals surface area contributed by atoms with Crippen LogP contribution in [0.3, 0.4) is 0 Å². The smallest absolute Gasteiger partial charge is 0.223 e. The van der Waals surface area contributed by atoms with Crippen LogP contribution in [-0.4, -0.2) is 28.5 Å². The van der Waals surface area contributed by atoms with Crippen molar-refractivity contribution < 1.29 is 4.79 Å². The molecule has 0 saturated carbocycles. The molecule has 2 aromatic carbocycles. The standard InChI is InChI=1S/C24H28ClN3O/c1-2-28-17-20(22-8-3-4-9-23(22)28)16-27-12-10-19(11-13-27)24(29)26-15-18-6-5-7-21(25)14-18/h3-9,14,17,19H,2,10-13,15-16H2,1H3,(H,26,29). The monoisotopic (exact) mass is 409 g/mol. The maximum absolute atomic E-state index is 12.6. The molecule has 1 aliphatic rings. The number of hydrogen-bond donors (Lipinski definition) is 1. The van der Waals surface area contributed by atoms with Crippen LogP contribution in [0.2, 0.25) is 5.02 Å². The van der Waals surface area contributed by atoms with Gasteiger partial charge in [0.15, 0.2) is 0 Å². The number of likely N-dealkylation sites (tertiary alicyclic amines) is 1. The molecule has 1 N–H and O–H groups in total. The van der Waals surface area contributed by atoms with Crippen molar-refractivity contribution in [2.75, 3.05) is 13.1 Å². The second-order valence-corrected chi connectivity index (χ2v) is 8.29. The van der Waals surface area contributed by atoms with Crippen LogP contribution in [0, 0.1) is 5.92 Å². The third-order valence-corrected chi connectivity index (χ3v) is 6.15. The second kappa shape index (κ2) is 9.02. The number of benzene rings is 2. The Morgan fingerprint density at radius 1 is 1.14 bits per heavy atom. The van der Waals surface area contributed by atoms with E-state index in [0.29, 0.717) is 11.6 Å². The number of carbonyl (C=O) groups excluding carboxylic acids is 1. The fourth-order valence-electron chi connectivity index (χ4n) is 4.29. The summed E-state index contributed by atoms with van der Waals surface area (Å²) in [5.41, 5.74) is 3.72. The first-order chi connectivity index (χ1) is 14.1. The maximum Gasteiger partial charge on any atom is 0.223 e. The number of nitrogens with zero attached hydrogens (tertiary/aromatic N) is 2. The number of hydrogen-bond acceptors (Lipinski definition) is 2. The number of carbonyl (C=O) groups is 1. The van der Waals surface area contributed by atoms with E-state index in [1.165, 1.54) is 16.5 Å². The van der Waals surface area contributed by atoms with Crippen LogP contribution >= 0.6 is 11.6 Å². The fourth-order valence-corrected chi connectivity index (χ4v) is 4.50. The topological polar surface area (TPSA) is 37.3 Å². The van der Waals surface area contributed by atoms with Gasteiger partial charge in [-0.1, -0.05) is 41.9 Å².